The molecule has 1 aromatic rings. The van der Waals surface area contributed by atoms with Gasteiger partial charge < -0.3 is 4.90 Å². The molecule has 0 atom stereocenters. The molecule has 0 N–H and O–H groups in total. The molecule has 0 saturated carbocycles. The van der Waals surface area contributed by atoms with Gasteiger partial charge in [-0.3, -0.25) is 9.69 Å². The predicted molar refractivity (Wildman–Crippen MR) is 70.9 cm³/mol. The first-order chi connectivity index (χ1) is 8.43. The van der Waals surface area contributed by atoms with Crippen LogP contribution in [0.3, 0.4) is 0 Å². The first kappa shape index (κ1) is 14.2. The van der Waals surface area contributed by atoms with Crippen molar-refractivity contribution >= 4 is 5.91 Å². The molecule has 4 nitrogen and oxygen atoms in total. The third-order valence-electron chi connectivity index (χ3n) is 2.82. The van der Waals surface area contributed by atoms with Gasteiger partial charge in [0, 0.05) is 20.6 Å². The van der Waals surface area contributed by atoms with Crippen LogP contribution in [0.15, 0.2) is 18.2 Å². The number of rotatable bonds is 4. The first-order valence-electron chi connectivity index (χ1n) is 5.82. The van der Waals surface area contributed by atoms with Gasteiger partial charge in [0.2, 0.25) is 5.91 Å². The molecule has 0 aliphatic heterocycles. The zero-order chi connectivity index (χ0) is 13.7. The maximum Gasteiger partial charge on any atom is 0.236 e. The molecular formula is C14H19N3O. The Morgan fingerprint density at radius 3 is 2.50 bits per heavy atom. The van der Waals surface area contributed by atoms with Gasteiger partial charge in [0.15, 0.2) is 0 Å². The molecule has 0 bridgehead atoms. The van der Waals surface area contributed by atoms with E-state index >= 15 is 0 Å². The quantitative estimate of drug-likeness (QED) is 0.805. The number of likely N-dealkylation sites (N-methyl/N-ethyl adjacent to an activating group) is 2. The second kappa shape index (κ2) is 6.18. The number of nitrogens with zero attached hydrogens (tertiary/aromatic N) is 3. The van der Waals surface area contributed by atoms with E-state index in [1.54, 1.807) is 19.0 Å². The SMILES string of the molecule is Cc1cc(C#N)ccc1CN(C)CC(=O)N(C)C. The topological polar surface area (TPSA) is 47.3 Å². The predicted octanol–water partition coefficient (Wildman–Crippen LogP) is 1.39. The van der Waals surface area contributed by atoms with E-state index in [0.717, 1.165) is 11.1 Å². The number of nitriles is 1. The fraction of sp³-hybridized carbons (Fsp3) is 0.429. The van der Waals surface area contributed by atoms with E-state index in [4.69, 9.17) is 5.26 Å². The molecule has 0 aliphatic rings. The maximum atomic E-state index is 11.6. The lowest BCUT2D eigenvalue weighted by atomic mass is 10.1. The Labute approximate surface area is 108 Å². The van der Waals surface area contributed by atoms with E-state index in [2.05, 4.69) is 6.07 Å². The second-order valence-corrected chi connectivity index (χ2v) is 4.71. The average Bonchev–Trinajstić information content (AvgIpc) is 2.31. The van der Waals surface area contributed by atoms with Gasteiger partial charge in [-0.05, 0) is 37.2 Å². The normalized spacial score (nSPS) is 10.2. The van der Waals surface area contributed by atoms with E-state index in [-0.39, 0.29) is 5.91 Å². The zero-order valence-corrected chi connectivity index (χ0v) is 11.4. The highest BCUT2D eigenvalue weighted by Crippen LogP contribution is 2.12. The van der Waals surface area contributed by atoms with Crippen LogP contribution in [0.2, 0.25) is 0 Å². The van der Waals surface area contributed by atoms with E-state index in [1.807, 2.05) is 37.1 Å². The molecule has 0 saturated heterocycles. The molecule has 0 unspecified atom stereocenters. The van der Waals surface area contributed by atoms with Crippen LogP contribution < -0.4 is 0 Å². The third-order valence-corrected chi connectivity index (χ3v) is 2.82. The molecule has 0 fully saturated rings. The number of carbonyl (C=O) groups is 1. The number of carbonyl (C=O) groups excluding carboxylic acids is 1. The van der Waals surface area contributed by atoms with Gasteiger partial charge >= 0.3 is 0 Å². The summed E-state index contributed by atoms with van der Waals surface area (Å²) in [5.74, 6) is 0.0869. The van der Waals surface area contributed by atoms with Crippen molar-refractivity contribution in [3.63, 3.8) is 0 Å². The van der Waals surface area contributed by atoms with Gasteiger partial charge in [0.05, 0.1) is 18.2 Å². The van der Waals surface area contributed by atoms with Gasteiger partial charge in [-0.2, -0.15) is 5.26 Å². The lowest BCUT2D eigenvalue weighted by Crippen LogP contribution is -2.34. The Bertz CT molecular complexity index is 474. The molecule has 0 aromatic heterocycles. The Balaban J connectivity index is 2.68. The van der Waals surface area contributed by atoms with Crippen molar-refractivity contribution in [2.24, 2.45) is 0 Å². The number of aryl methyl sites for hydroxylation is 1. The van der Waals surface area contributed by atoms with Crippen LogP contribution in [0, 0.1) is 18.3 Å². The molecule has 18 heavy (non-hydrogen) atoms. The Hall–Kier alpha value is -1.86. The van der Waals surface area contributed by atoms with Crippen LogP contribution in [0.1, 0.15) is 16.7 Å². The van der Waals surface area contributed by atoms with Gasteiger partial charge in [-0.1, -0.05) is 6.07 Å². The van der Waals surface area contributed by atoms with Gasteiger partial charge in [0.25, 0.3) is 0 Å². The summed E-state index contributed by atoms with van der Waals surface area (Å²) in [6.45, 7) is 3.08. The van der Waals surface area contributed by atoms with Crippen LogP contribution in [-0.4, -0.2) is 43.4 Å². The van der Waals surface area contributed by atoms with E-state index < -0.39 is 0 Å². The Morgan fingerprint density at radius 1 is 1.33 bits per heavy atom. The number of hydrogen-bond donors (Lipinski definition) is 0. The highest BCUT2D eigenvalue weighted by molar-refractivity contribution is 5.77. The summed E-state index contributed by atoms with van der Waals surface area (Å²) in [5, 5.41) is 8.80. The molecule has 4 heteroatoms. The maximum absolute atomic E-state index is 11.6. The van der Waals surface area contributed by atoms with Crippen molar-refractivity contribution in [1.82, 2.24) is 9.80 Å². The van der Waals surface area contributed by atoms with Crippen molar-refractivity contribution in [3.8, 4) is 6.07 Å². The van der Waals surface area contributed by atoms with Crippen LogP contribution in [0.4, 0.5) is 0 Å². The Morgan fingerprint density at radius 2 is 2.00 bits per heavy atom. The summed E-state index contributed by atoms with van der Waals surface area (Å²) in [4.78, 5) is 15.1. The largest absolute Gasteiger partial charge is 0.348 e. The van der Waals surface area contributed by atoms with Crippen LogP contribution >= 0.6 is 0 Å². The number of benzene rings is 1. The smallest absolute Gasteiger partial charge is 0.236 e. The molecular weight excluding hydrogens is 226 g/mol. The molecule has 0 radical (unpaired) electrons. The fourth-order valence-corrected chi connectivity index (χ4v) is 1.66. The summed E-state index contributed by atoms with van der Waals surface area (Å²) >= 11 is 0. The van der Waals surface area contributed by atoms with E-state index in [9.17, 15) is 4.79 Å². The highest BCUT2D eigenvalue weighted by Gasteiger charge is 2.10. The summed E-state index contributed by atoms with van der Waals surface area (Å²) in [7, 11) is 5.42. The van der Waals surface area contributed by atoms with Crippen molar-refractivity contribution in [1.29, 1.82) is 5.26 Å². The monoisotopic (exact) mass is 245 g/mol. The molecule has 1 rings (SSSR count). The van der Waals surface area contributed by atoms with Crippen LogP contribution in [0.25, 0.3) is 0 Å². The van der Waals surface area contributed by atoms with Gasteiger partial charge in [0.1, 0.15) is 0 Å². The van der Waals surface area contributed by atoms with Gasteiger partial charge in [-0.15, -0.1) is 0 Å². The summed E-state index contributed by atoms with van der Waals surface area (Å²) < 4.78 is 0. The van der Waals surface area contributed by atoms with Gasteiger partial charge in [-0.25, -0.2) is 0 Å². The minimum atomic E-state index is 0.0869. The summed E-state index contributed by atoms with van der Waals surface area (Å²) in [6, 6.07) is 7.75. The lowest BCUT2D eigenvalue weighted by Gasteiger charge is -2.19. The number of hydrogen-bond acceptors (Lipinski definition) is 3. The standard InChI is InChI=1S/C14H19N3O/c1-11-7-12(8-15)5-6-13(11)9-17(4)10-14(18)16(2)3/h5-7H,9-10H2,1-4H3. The molecule has 0 spiro atoms. The van der Waals surface area contributed by atoms with Crippen molar-refractivity contribution in [2.45, 2.75) is 13.5 Å². The minimum Gasteiger partial charge on any atom is -0.348 e. The van der Waals surface area contributed by atoms with Crippen molar-refractivity contribution < 1.29 is 4.79 Å². The third kappa shape index (κ3) is 3.86. The van der Waals surface area contributed by atoms with Crippen LogP contribution in [0.5, 0.6) is 0 Å². The Kier molecular flexibility index (Phi) is 4.87. The molecule has 1 aromatic carbocycles. The lowest BCUT2D eigenvalue weighted by molar-refractivity contribution is -0.129. The highest BCUT2D eigenvalue weighted by atomic mass is 16.2. The summed E-state index contributed by atoms with van der Waals surface area (Å²) in [5.41, 5.74) is 2.89. The van der Waals surface area contributed by atoms with E-state index in [1.165, 1.54) is 0 Å². The first-order valence-corrected chi connectivity index (χ1v) is 5.82. The zero-order valence-electron chi connectivity index (χ0n) is 11.4. The molecule has 0 aliphatic carbocycles. The van der Waals surface area contributed by atoms with Crippen molar-refractivity contribution in [2.75, 3.05) is 27.7 Å². The fourth-order valence-electron chi connectivity index (χ4n) is 1.66. The van der Waals surface area contributed by atoms with Crippen molar-refractivity contribution in [3.05, 3.63) is 34.9 Å². The van der Waals surface area contributed by atoms with E-state index in [0.29, 0.717) is 18.7 Å². The molecule has 1 amide bonds. The number of amides is 1. The molecule has 0 heterocycles. The second-order valence-electron chi connectivity index (χ2n) is 4.71. The van der Waals surface area contributed by atoms with Crippen LogP contribution in [-0.2, 0) is 11.3 Å². The average molecular weight is 245 g/mol. The minimum absolute atomic E-state index is 0.0869. The summed E-state index contributed by atoms with van der Waals surface area (Å²) in [6.07, 6.45) is 0. The molecule has 96 valence electrons.